The minimum absolute atomic E-state index is 0.361. The summed E-state index contributed by atoms with van der Waals surface area (Å²) in [5, 5.41) is 8.83. The Morgan fingerprint density at radius 2 is 2.40 bits per heavy atom. The fraction of sp³-hybridized carbons (Fsp3) is 1.00. The van der Waals surface area contributed by atoms with Crippen LogP contribution in [-0.2, 0) is 4.74 Å². The topological polar surface area (TPSA) is 29.5 Å². The summed E-state index contributed by atoms with van der Waals surface area (Å²) in [6, 6.07) is 0. The number of rotatable bonds is 2. The Morgan fingerprint density at radius 3 is 2.80 bits per heavy atom. The average molecular weight is 148 g/mol. The van der Waals surface area contributed by atoms with Crippen molar-refractivity contribution in [3.63, 3.8) is 0 Å². The normalized spacial score (nSPS) is 32.1. The number of halogens is 1. The van der Waals surface area contributed by atoms with Crippen LogP contribution in [0.4, 0.5) is 4.39 Å². The summed E-state index contributed by atoms with van der Waals surface area (Å²) in [5.41, 5.74) is 0. The molecule has 0 amide bonds. The monoisotopic (exact) mass is 148 g/mol. The molecular weight excluding hydrogens is 135 g/mol. The minimum Gasteiger partial charge on any atom is -0.390 e. The van der Waals surface area contributed by atoms with E-state index in [1.165, 1.54) is 6.92 Å². The number of aliphatic hydroxyl groups excluding tert-OH is 1. The first-order valence-electron chi connectivity index (χ1n) is 3.65. The van der Waals surface area contributed by atoms with Crippen LogP contribution in [0.1, 0.15) is 19.8 Å². The van der Waals surface area contributed by atoms with Crippen molar-refractivity contribution in [2.75, 3.05) is 6.61 Å². The lowest BCUT2D eigenvalue weighted by Crippen LogP contribution is -2.31. The molecule has 3 atom stereocenters. The van der Waals surface area contributed by atoms with Gasteiger partial charge in [-0.1, -0.05) is 0 Å². The van der Waals surface area contributed by atoms with E-state index in [9.17, 15) is 4.39 Å². The molecule has 1 saturated heterocycles. The molecule has 1 N–H and O–H groups in total. The largest absolute Gasteiger partial charge is 0.390 e. The highest BCUT2D eigenvalue weighted by Gasteiger charge is 2.28. The zero-order valence-corrected chi connectivity index (χ0v) is 6.09. The Hall–Kier alpha value is -0.150. The van der Waals surface area contributed by atoms with Crippen molar-refractivity contribution < 1.29 is 14.2 Å². The van der Waals surface area contributed by atoms with E-state index in [4.69, 9.17) is 9.84 Å². The van der Waals surface area contributed by atoms with E-state index in [0.29, 0.717) is 6.61 Å². The molecule has 1 fully saturated rings. The van der Waals surface area contributed by atoms with Crippen LogP contribution in [0.25, 0.3) is 0 Å². The van der Waals surface area contributed by atoms with Gasteiger partial charge in [0.2, 0.25) is 0 Å². The van der Waals surface area contributed by atoms with Gasteiger partial charge >= 0.3 is 0 Å². The molecule has 0 aromatic heterocycles. The maximum atomic E-state index is 12.9. The van der Waals surface area contributed by atoms with Crippen LogP contribution >= 0.6 is 0 Å². The lowest BCUT2D eigenvalue weighted by molar-refractivity contribution is -0.0168. The molecule has 3 heteroatoms. The lowest BCUT2D eigenvalue weighted by atomic mass is 10.1. The third kappa shape index (κ3) is 1.67. The van der Waals surface area contributed by atoms with Crippen LogP contribution < -0.4 is 0 Å². The maximum Gasteiger partial charge on any atom is 0.152 e. The van der Waals surface area contributed by atoms with Gasteiger partial charge < -0.3 is 9.84 Å². The molecule has 60 valence electrons. The molecule has 2 nitrogen and oxygen atoms in total. The molecule has 1 aliphatic heterocycles. The average Bonchev–Trinajstić information content (AvgIpc) is 2.36. The van der Waals surface area contributed by atoms with Crippen LogP contribution in [0, 0.1) is 0 Å². The van der Waals surface area contributed by atoms with Gasteiger partial charge in [-0.05, 0) is 19.8 Å². The van der Waals surface area contributed by atoms with Gasteiger partial charge in [-0.2, -0.15) is 0 Å². The SMILES string of the molecule is CC(O)C(F)C1CCCO1. The summed E-state index contributed by atoms with van der Waals surface area (Å²) in [7, 11) is 0. The Bertz CT molecular complexity index is 99.8. The highest BCUT2D eigenvalue weighted by atomic mass is 19.1. The molecule has 10 heavy (non-hydrogen) atoms. The first-order valence-corrected chi connectivity index (χ1v) is 3.65. The number of aliphatic hydroxyl groups is 1. The van der Waals surface area contributed by atoms with Gasteiger partial charge in [0.1, 0.15) is 0 Å². The summed E-state index contributed by atoms with van der Waals surface area (Å²) >= 11 is 0. The molecule has 1 rings (SSSR count). The van der Waals surface area contributed by atoms with Crippen molar-refractivity contribution in [2.24, 2.45) is 0 Å². The Kier molecular flexibility index (Phi) is 2.63. The van der Waals surface area contributed by atoms with Gasteiger partial charge in [-0.3, -0.25) is 0 Å². The predicted octanol–water partition coefficient (Wildman–Crippen LogP) is 0.884. The van der Waals surface area contributed by atoms with Crippen molar-refractivity contribution in [1.82, 2.24) is 0 Å². The molecule has 0 spiro atoms. The van der Waals surface area contributed by atoms with Crippen molar-refractivity contribution in [1.29, 1.82) is 0 Å². The van der Waals surface area contributed by atoms with Crippen molar-refractivity contribution >= 4 is 0 Å². The highest BCUT2D eigenvalue weighted by Crippen LogP contribution is 2.19. The maximum absolute atomic E-state index is 12.9. The van der Waals surface area contributed by atoms with E-state index in [0.717, 1.165) is 12.8 Å². The molecule has 1 heterocycles. The first-order chi connectivity index (χ1) is 4.72. The zero-order valence-electron chi connectivity index (χ0n) is 6.09. The van der Waals surface area contributed by atoms with Crippen LogP contribution in [0.5, 0.6) is 0 Å². The molecule has 0 aromatic rings. The van der Waals surface area contributed by atoms with Gasteiger partial charge in [0, 0.05) is 6.61 Å². The lowest BCUT2D eigenvalue weighted by Gasteiger charge is -2.16. The molecule has 0 bridgehead atoms. The van der Waals surface area contributed by atoms with E-state index in [1.807, 2.05) is 0 Å². The van der Waals surface area contributed by atoms with Gasteiger partial charge in [0.25, 0.3) is 0 Å². The summed E-state index contributed by atoms with van der Waals surface area (Å²) in [6.45, 7) is 2.09. The van der Waals surface area contributed by atoms with Crippen LogP contribution in [0.2, 0.25) is 0 Å². The standard InChI is InChI=1S/C7H13FO2/c1-5(9)7(8)6-3-2-4-10-6/h5-7,9H,2-4H2,1H3. The Labute approximate surface area is 60.0 Å². The van der Waals surface area contributed by atoms with Crippen molar-refractivity contribution in [3.8, 4) is 0 Å². The van der Waals surface area contributed by atoms with E-state index >= 15 is 0 Å². The van der Waals surface area contributed by atoms with Gasteiger partial charge in [0.05, 0.1) is 12.2 Å². The summed E-state index contributed by atoms with van der Waals surface area (Å²) in [6.07, 6.45) is -0.810. The quantitative estimate of drug-likeness (QED) is 0.630. The molecular formula is C7H13FO2. The summed E-state index contributed by atoms with van der Waals surface area (Å²) in [4.78, 5) is 0. The summed E-state index contributed by atoms with van der Waals surface area (Å²) < 4.78 is 17.9. The second kappa shape index (κ2) is 3.30. The van der Waals surface area contributed by atoms with E-state index < -0.39 is 12.3 Å². The number of ether oxygens (including phenoxy) is 1. The van der Waals surface area contributed by atoms with Crippen LogP contribution in [0.15, 0.2) is 0 Å². The molecule has 0 radical (unpaired) electrons. The Morgan fingerprint density at radius 1 is 1.70 bits per heavy atom. The van der Waals surface area contributed by atoms with E-state index in [2.05, 4.69) is 0 Å². The number of alkyl halides is 1. The first kappa shape index (κ1) is 7.95. The smallest absolute Gasteiger partial charge is 0.152 e. The number of hydrogen-bond acceptors (Lipinski definition) is 2. The third-order valence-corrected chi connectivity index (χ3v) is 1.78. The van der Waals surface area contributed by atoms with Gasteiger partial charge in [0.15, 0.2) is 6.17 Å². The summed E-state index contributed by atoms with van der Waals surface area (Å²) in [5.74, 6) is 0. The Balaban J connectivity index is 2.32. The van der Waals surface area contributed by atoms with Crippen molar-refractivity contribution in [2.45, 2.75) is 38.1 Å². The molecule has 0 saturated carbocycles. The van der Waals surface area contributed by atoms with Gasteiger partial charge in [-0.15, -0.1) is 0 Å². The van der Waals surface area contributed by atoms with Crippen molar-refractivity contribution in [3.05, 3.63) is 0 Å². The predicted molar refractivity (Wildman–Crippen MR) is 35.6 cm³/mol. The third-order valence-electron chi connectivity index (χ3n) is 1.78. The second-order valence-electron chi connectivity index (χ2n) is 2.74. The fourth-order valence-corrected chi connectivity index (χ4v) is 1.16. The zero-order chi connectivity index (χ0) is 7.56. The highest BCUT2D eigenvalue weighted by molar-refractivity contribution is 4.77. The molecule has 0 aromatic carbocycles. The van der Waals surface area contributed by atoms with E-state index in [1.54, 1.807) is 0 Å². The van der Waals surface area contributed by atoms with Crippen LogP contribution in [0.3, 0.4) is 0 Å². The number of hydrogen-bond donors (Lipinski definition) is 1. The molecule has 3 unspecified atom stereocenters. The fourth-order valence-electron chi connectivity index (χ4n) is 1.16. The minimum atomic E-state index is -1.21. The molecule has 1 aliphatic rings. The van der Waals surface area contributed by atoms with Gasteiger partial charge in [-0.25, -0.2) is 4.39 Å². The van der Waals surface area contributed by atoms with Crippen LogP contribution in [-0.4, -0.2) is 30.1 Å². The second-order valence-corrected chi connectivity index (χ2v) is 2.74. The van der Waals surface area contributed by atoms with E-state index in [-0.39, 0.29) is 6.10 Å². The molecule has 0 aliphatic carbocycles.